The fraction of sp³-hybridized carbons (Fsp3) is 0.571. The Morgan fingerprint density at radius 3 is 2.76 bits per heavy atom. The Balaban J connectivity index is 2.06. The van der Waals surface area contributed by atoms with E-state index in [1.807, 2.05) is 0 Å². The molecule has 0 saturated carbocycles. The van der Waals surface area contributed by atoms with Crippen molar-refractivity contribution >= 4 is 5.69 Å². The van der Waals surface area contributed by atoms with E-state index in [4.69, 9.17) is 0 Å². The third-order valence-corrected chi connectivity index (χ3v) is 3.98. The van der Waals surface area contributed by atoms with E-state index in [9.17, 15) is 18.9 Å². The number of nitro groups is 1. The predicted molar refractivity (Wildman–Crippen MR) is 74.9 cm³/mol. The number of nitrogens with one attached hydrogen (secondary N) is 1. The first-order valence-corrected chi connectivity index (χ1v) is 6.92. The van der Waals surface area contributed by atoms with Crippen LogP contribution in [0.2, 0.25) is 0 Å². The Labute approximate surface area is 122 Å². The summed E-state index contributed by atoms with van der Waals surface area (Å²) >= 11 is 0. The molecule has 1 aliphatic heterocycles. The van der Waals surface area contributed by atoms with Crippen LogP contribution in [0.15, 0.2) is 12.1 Å². The second-order valence-corrected chi connectivity index (χ2v) is 5.67. The lowest BCUT2D eigenvalue weighted by Gasteiger charge is -2.35. The highest BCUT2D eigenvalue weighted by molar-refractivity contribution is 5.37. The van der Waals surface area contributed by atoms with Gasteiger partial charge in [-0.15, -0.1) is 0 Å². The van der Waals surface area contributed by atoms with Crippen molar-refractivity contribution in [1.29, 1.82) is 0 Å². The van der Waals surface area contributed by atoms with E-state index in [1.165, 1.54) is 0 Å². The van der Waals surface area contributed by atoms with Gasteiger partial charge in [0.2, 0.25) is 5.82 Å². The van der Waals surface area contributed by atoms with Gasteiger partial charge >= 0.3 is 5.69 Å². The first kappa shape index (κ1) is 15.8. The molecule has 0 amide bonds. The molecule has 1 aromatic carbocycles. The predicted octanol–water partition coefficient (Wildman–Crippen LogP) is 2.30. The molecule has 0 aromatic heterocycles. The fourth-order valence-electron chi connectivity index (χ4n) is 2.75. The highest BCUT2D eigenvalue weighted by atomic mass is 19.1. The average Bonchev–Trinajstić information content (AvgIpc) is 2.39. The van der Waals surface area contributed by atoms with Gasteiger partial charge < -0.3 is 10.2 Å². The van der Waals surface area contributed by atoms with Crippen molar-refractivity contribution in [3.8, 4) is 0 Å². The maximum Gasteiger partial charge on any atom is 0.305 e. The lowest BCUT2D eigenvalue weighted by atomic mass is 9.94. The van der Waals surface area contributed by atoms with Crippen molar-refractivity contribution in [3.05, 3.63) is 39.4 Å². The quantitative estimate of drug-likeness (QED) is 0.684. The minimum Gasteiger partial charge on any atom is -0.309 e. The Hall–Kier alpha value is -1.60. The van der Waals surface area contributed by atoms with Crippen LogP contribution in [0, 0.1) is 27.7 Å². The number of likely N-dealkylation sites (tertiary alicyclic amines) is 1. The van der Waals surface area contributed by atoms with E-state index in [0.717, 1.165) is 25.6 Å². The molecule has 5 nitrogen and oxygen atoms in total. The van der Waals surface area contributed by atoms with Gasteiger partial charge in [-0.1, -0.05) is 6.92 Å². The molecule has 0 bridgehead atoms. The minimum absolute atomic E-state index is 0.120. The summed E-state index contributed by atoms with van der Waals surface area (Å²) in [7, 11) is 2.05. The third kappa shape index (κ3) is 3.74. The monoisotopic (exact) mass is 299 g/mol. The number of benzene rings is 1. The number of nitro benzene ring substituents is 1. The maximum atomic E-state index is 13.7. The zero-order valence-corrected chi connectivity index (χ0v) is 12.1. The number of halogens is 2. The van der Waals surface area contributed by atoms with E-state index in [1.54, 1.807) is 0 Å². The normalized spacial score (nSPS) is 23.2. The fourth-order valence-corrected chi connectivity index (χ4v) is 2.75. The molecule has 2 atom stereocenters. The smallest absolute Gasteiger partial charge is 0.305 e. The van der Waals surface area contributed by atoms with Gasteiger partial charge in [-0.2, -0.15) is 4.39 Å². The molecule has 116 valence electrons. The van der Waals surface area contributed by atoms with Crippen LogP contribution < -0.4 is 5.32 Å². The van der Waals surface area contributed by atoms with Crippen LogP contribution in [0.4, 0.5) is 14.5 Å². The number of hydrogen-bond acceptors (Lipinski definition) is 4. The van der Waals surface area contributed by atoms with Crippen LogP contribution in [0.5, 0.6) is 0 Å². The largest absolute Gasteiger partial charge is 0.309 e. The maximum absolute atomic E-state index is 13.7. The van der Waals surface area contributed by atoms with Crippen LogP contribution in [0.3, 0.4) is 0 Å². The van der Waals surface area contributed by atoms with E-state index in [-0.39, 0.29) is 18.2 Å². The van der Waals surface area contributed by atoms with E-state index >= 15 is 0 Å². The Morgan fingerprint density at radius 2 is 2.14 bits per heavy atom. The van der Waals surface area contributed by atoms with Crippen LogP contribution in [0.25, 0.3) is 0 Å². The van der Waals surface area contributed by atoms with Gasteiger partial charge in [0, 0.05) is 36.8 Å². The highest BCUT2D eigenvalue weighted by Gasteiger charge is 2.24. The lowest BCUT2D eigenvalue weighted by Crippen LogP contribution is -2.46. The zero-order valence-electron chi connectivity index (χ0n) is 12.1. The summed E-state index contributed by atoms with van der Waals surface area (Å²) in [6.45, 7) is 4.17. The van der Waals surface area contributed by atoms with E-state index < -0.39 is 22.2 Å². The molecule has 0 aliphatic carbocycles. The van der Waals surface area contributed by atoms with Crippen LogP contribution in [-0.2, 0) is 6.54 Å². The third-order valence-electron chi connectivity index (χ3n) is 3.98. The first-order valence-electron chi connectivity index (χ1n) is 6.92. The summed E-state index contributed by atoms with van der Waals surface area (Å²) in [5, 5.41) is 13.9. The lowest BCUT2D eigenvalue weighted by molar-refractivity contribution is -0.387. The summed E-state index contributed by atoms with van der Waals surface area (Å²) in [5.74, 6) is -1.50. The van der Waals surface area contributed by atoms with Gasteiger partial charge in [0.15, 0.2) is 0 Å². The van der Waals surface area contributed by atoms with Crippen molar-refractivity contribution in [2.45, 2.75) is 25.9 Å². The molecule has 1 saturated heterocycles. The molecule has 21 heavy (non-hydrogen) atoms. The van der Waals surface area contributed by atoms with Gasteiger partial charge in [0.25, 0.3) is 0 Å². The molecule has 1 N–H and O–H groups in total. The Morgan fingerprint density at radius 1 is 1.43 bits per heavy atom. The molecule has 0 spiro atoms. The minimum atomic E-state index is -1.14. The molecule has 7 heteroatoms. The second kappa shape index (κ2) is 6.44. The molecular weight excluding hydrogens is 280 g/mol. The summed E-state index contributed by atoms with van der Waals surface area (Å²) in [6.07, 6.45) is 0.933. The standard InChI is InChI=1S/C14H19F2N3O2/c1-9-8-18(2)4-3-13(9)17-7-10-5-14(19(20)21)12(16)6-11(10)15/h5-6,9,13,17H,3-4,7-8H2,1-2H3. The molecule has 1 aromatic rings. The topological polar surface area (TPSA) is 58.4 Å². The van der Waals surface area contributed by atoms with Gasteiger partial charge in [-0.25, -0.2) is 4.39 Å². The summed E-state index contributed by atoms with van der Waals surface area (Å²) in [4.78, 5) is 12.1. The second-order valence-electron chi connectivity index (χ2n) is 5.67. The number of piperidine rings is 1. The number of hydrogen-bond donors (Lipinski definition) is 1. The van der Waals surface area contributed by atoms with Crippen molar-refractivity contribution < 1.29 is 13.7 Å². The van der Waals surface area contributed by atoms with Crippen LogP contribution >= 0.6 is 0 Å². The van der Waals surface area contributed by atoms with Gasteiger partial charge in [0.1, 0.15) is 5.82 Å². The summed E-state index contributed by atoms with van der Waals surface area (Å²) < 4.78 is 27.0. The Bertz CT molecular complexity index is 539. The van der Waals surface area contributed by atoms with E-state index in [2.05, 4.69) is 24.2 Å². The number of rotatable bonds is 4. The molecule has 2 unspecified atom stereocenters. The average molecular weight is 299 g/mol. The van der Waals surface area contributed by atoms with Crippen molar-refractivity contribution in [2.24, 2.45) is 5.92 Å². The molecule has 1 fully saturated rings. The van der Waals surface area contributed by atoms with Gasteiger partial charge in [0.05, 0.1) is 4.92 Å². The van der Waals surface area contributed by atoms with E-state index in [0.29, 0.717) is 12.0 Å². The SMILES string of the molecule is CC1CN(C)CCC1NCc1cc([N+](=O)[O-])c(F)cc1F. The zero-order chi connectivity index (χ0) is 15.6. The Kier molecular flexibility index (Phi) is 4.84. The van der Waals surface area contributed by atoms with Gasteiger partial charge in [-0.3, -0.25) is 10.1 Å². The van der Waals surface area contributed by atoms with Crippen LogP contribution in [-0.4, -0.2) is 36.0 Å². The summed E-state index contributed by atoms with van der Waals surface area (Å²) in [6, 6.07) is 1.77. The molecule has 0 radical (unpaired) electrons. The first-order chi connectivity index (χ1) is 9.88. The van der Waals surface area contributed by atoms with Crippen molar-refractivity contribution in [1.82, 2.24) is 10.2 Å². The number of nitrogens with zero attached hydrogens (tertiary/aromatic N) is 2. The molecule has 1 aliphatic rings. The molecule has 1 heterocycles. The van der Waals surface area contributed by atoms with Crippen molar-refractivity contribution in [3.63, 3.8) is 0 Å². The summed E-state index contributed by atoms with van der Waals surface area (Å²) in [5.41, 5.74) is -0.571. The van der Waals surface area contributed by atoms with Crippen molar-refractivity contribution in [2.75, 3.05) is 20.1 Å². The molecule has 2 rings (SSSR count). The molecular formula is C14H19F2N3O2. The highest BCUT2D eigenvalue weighted by Crippen LogP contribution is 2.22. The van der Waals surface area contributed by atoms with Crippen LogP contribution in [0.1, 0.15) is 18.9 Å². The van der Waals surface area contributed by atoms with Gasteiger partial charge in [-0.05, 0) is 25.9 Å².